The first-order chi connectivity index (χ1) is 5.75. The largest absolute Gasteiger partial charge is 0.0891 e. The van der Waals surface area contributed by atoms with E-state index in [2.05, 4.69) is 6.92 Å². The summed E-state index contributed by atoms with van der Waals surface area (Å²) in [6, 6.07) is 0. The molecule has 4 unspecified atom stereocenters. The van der Waals surface area contributed by atoms with E-state index < -0.39 is 0 Å². The lowest BCUT2D eigenvalue weighted by Crippen LogP contribution is -2.49. The highest BCUT2D eigenvalue weighted by Crippen LogP contribution is 2.54. The second kappa shape index (κ2) is 2.31. The summed E-state index contributed by atoms with van der Waals surface area (Å²) in [5, 5.41) is 0. The Labute approximate surface area is 79.7 Å². The molecule has 0 nitrogen and oxygen atoms in total. The maximum absolute atomic E-state index is 5.55. The molecule has 0 N–H and O–H groups in total. The molecule has 5 atom stereocenters. The van der Waals surface area contributed by atoms with Crippen LogP contribution in [0, 0.1) is 29.6 Å². The van der Waals surface area contributed by atoms with Crippen LogP contribution in [-0.4, -0.2) is 4.86 Å². The summed E-state index contributed by atoms with van der Waals surface area (Å²) in [5.74, 6) is 4.72. The van der Waals surface area contributed by atoms with E-state index in [0.717, 1.165) is 29.6 Å². The van der Waals surface area contributed by atoms with Crippen LogP contribution < -0.4 is 0 Å². The second-order valence-corrected chi connectivity index (χ2v) is 5.61. The third-order valence-corrected chi connectivity index (χ3v) is 5.21. The van der Waals surface area contributed by atoms with Crippen LogP contribution in [0.4, 0.5) is 0 Å². The lowest BCUT2D eigenvalue weighted by molar-refractivity contribution is 0.0571. The van der Waals surface area contributed by atoms with Gasteiger partial charge in [-0.2, -0.15) is 0 Å². The van der Waals surface area contributed by atoms with E-state index in [9.17, 15) is 0 Å². The molecule has 4 aliphatic carbocycles. The van der Waals surface area contributed by atoms with Gasteiger partial charge in [-0.15, -0.1) is 0 Å². The smallest absolute Gasteiger partial charge is 0.000662 e. The summed E-state index contributed by atoms with van der Waals surface area (Å²) in [7, 11) is 0. The Morgan fingerprint density at radius 1 is 1.17 bits per heavy atom. The predicted molar refractivity (Wildman–Crippen MR) is 54.2 cm³/mol. The van der Waals surface area contributed by atoms with Crippen molar-refractivity contribution in [3.63, 3.8) is 0 Å². The molecule has 4 fully saturated rings. The van der Waals surface area contributed by atoms with Crippen LogP contribution in [0.5, 0.6) is 0 Å². The Kier molecular flexibility index (Phi) is 1.44. The third-order valence-electron chi connectivity index (χ3n) is 4.57. The van der Waals surface area contributed by atoms with E-state index in [1.54, 1.807) is 0 Å². The molecule has 4 saturated carbocycles. The maximum Gasteiger partial charge on any atom is -0.000662 e. The molecule has 0 aromatic heterocycles. The van der Waals surface area contributed by atoms with E-state index in [1.165, 1.54) is 30.5 Å². The minimum Gasteiger partial charge on any atom is -0.0891 e. The van der Waals surface area contributed by atoms with Crippen LogP contribution in [0.2, 0.25) is 0 Å². The van der Waals surface area contributed by atoms with Crippen molar-refractivity contribution in [2.45, 2.75) is 32.6 Å². The molecule has 0 aromatic rings. The molecular formula is C11H16S. The van der Waals surface area contributed by atoms with Gasteiger partial charge in [0.1, 0.15) is 0 Å². The standard InChI is InChI=1S/C11H16S/c1-6-8-2-7-3-9(5-8)11(12)10(6)4-7/h6-10H,2-5H2,1H3/t6-,7?,8?,9?,10?/m0/s1. The second-order valence-electron chi connectivity index (χ2n) is 5.13. The van der Waals surface area contributed by atoms with Crippen molar-refractivity contribution in [1.29, 1.82) is 0 Å². The van der Waals surface area contributed by atoms with Gasteiger partial charge in [-0.1, -0.05) is 19.1 Å². The Morgan fingerprint density at radius 3 is 2.83 bits per heavy atom. The molecule has 4 bridgehead atoms. The molecule has 0 radical (unpaired) electrons. The molecular weight excluding hydrogens is 164 g/mol. The summed E-state index contributed by atoms with van der Waals surface area (Å²) in [4.78, 5) is 1.45. The zero-order valence-corrected chi connectivity index (χ0v) is 8.44. The van der Waals surface area contributed by atoms with Crippen molar-refractivity contribution in [2.75, 3.05) is 0 Å². The van der Waals surface area contributed by atoms with Gasteiger partial charge in [-0.25, -0.2) is 0 Å². The fourth-order valence-corrected chi connectivity index (χ4v) is 4.42. The van der Waals surface area contributed by atoms with Crippen molar-refractivity contribution in [3.05, 3.63) is 0 Å². The SMILES string of the molecule is C[C@H]1C2CC3CC(C2)C(=S)C1C3. The zero-order valence-electron chi connectivity index (χ0n) is 7.62. The minimum absolute atomic E-state index is 0.844. The first kappa shape index (κ1) is 7.49. The van der Waals surface area contributed by atoms with Crippen molar-refractivity contribution in [3.8, 4) is 0 Å². The maximum atomic E-state index is 5.55. The monoisotopic (exact) mass is 180 g/mol. The number of thiocarbonyl (C=S) groups is 1. The van der Waals surface area contributed by atoms with Gasteiger partial charge in [0.2, 0.25) is 0 Å². The minimum atomic E-state index is 0.844. The van der Waals surface area contributed by atoms with Crippen molar-refractivity contribution in [1.82, 2.24) is 0 Å². The molecule has 0 spiro atoms. The number of hydrogen-bond donors (Lipinski definition) is 0. The van der Waals surface area contributed by atoms with E-state index in [1.807, 2.05) is 0 Å². The molecule has 0 saturated heterocycles. The molecule has 0 aromatic carbocycles. The Bertz CT molecular complexity index is 233. The lowest BCUT2D eigenvalue weighted by Gasteiger charge is -2.54. The van der Waals surface area contributed by atoms with Crippen LogP contribution in [0.25, 0.3) is 0 Å². The fourth-order valence-electron chi connectivity index (χ4n) is 3.92. The first-order valence-electron chi connectivity index (χ1n) is 5.29. The van der Waals surface area contributed by atoms with E-state index >= 15 is 0 Å². The summed E-state index contributed by atoms with van der Waals surface area (Å²) in [5.41, 5.74) is 0. The molecule has 0 amide bonds. The highest BCUT2D eigenvalue weighted by molar-refractivity contribution is 7.80. The Hall–Kier alpha value is 0.0900. The van der Waals surface area contributed by atoms with E-state index in [0.29, 0.717) is 0 Å². The molecule has 12 heavy (non-hydrogen) atoms. The van der Waals surface area contributed by atoms with Gasteiger partial charge in [0.15, 0.2) is 0 Å². The molecule has 1 heteroatoms. The van der Waals surface area contributed by atoms with Crippen molar-refractivity contribution < 1.29 is 0 Å². The van der Waals surface area contributed by atoms with Crippen LogP contribution in [0.15, 0.2) is 0 Å². The quantitative estimate of drug-likeness (QED) is 0.516. The number of rotatable bonds is 0. The van der Waals surface area contributed by atoms with Gasteiger partial charge < -0.3 is 0 Å². The Morgan fingerprint density at radius 2 is 2.00 bits per heavy atom. The van der Waals surface area contributed by atoms with E-state index in [-0.39, 0.29) is 0 Å². The molecule has 4 aliphatic rings. The first-order valence-corrected chi connectivity index (χ1v) is 5.70. The zero-order chi connectivity index (χ0) is 8.29. The molecule has 0 heterocycles. The van der Waals surface area contributed by atoms with Crippen LogP contribution in [0.3, 0.4) is 0 Å². The highest BCUT2D eigenvalue weighted by Gasteiger charge is 2.49. The number of hydrogen-bond acceptors (Lipinski definition) is 1. The van der Waals surface area contributed by atoms with Gasteiger partial charge in [-0.05, 0) is 60.1 Å². The van der Waals surface area contributed by atoms with Gasteiger partial charge in [0.05, 0.1) is 0 Å². The molecule has 0 aliphatic heterocycles. The summed E-state index contributed by atoms with van der Waals surface area (Å²) < 4.78 is 0. The highest BCUT2D eigenvalue weighted by atomic mass is 32.1. The van der Waals surface area contributed by atoms with Gasteiger partial charge in [0, 0.05) is 0 Å². The average molecular weight is 180 g/mol. The van der Waals surface area contributed by atoms with Crippen LogP contribution in [-0.2, 0) is 0 Å². The lowest BCUT2D eigenvalue weighted by atomic mass is 9.52. The van der Waals surface area contributed by atoms with Crippen molar-refractivity contribution in [2.24, 2.45) is 29.6 Å². The average Bonchev–Trinajstić information content (AvgIpc) is 2.07. The molecule has 66 valence electrons. The van der Waals surface area contributed by atoms with Gasteiger partial charge in [0.25, 0.3) is 0 Å². The topological polar surface area (TPSA) is 0 Å². The predicted octanol–water partition coefficient (Wildman–Crippen LogP) is 3.06. The summed E-state index contributed by atoms with van der Waals surface area (Å²) in [6.45, 7) is 2.43. The van der Waals surface area contributed by atoms with Crippen molar-refractivity contribution >= 4 is 17.1 Å². The third kappa shape index (κ3) is 0.810. The summed E-state index contributed by atoms with van der Waals surface area (Å²) >= 11 is 5.55. The summed E-state index contributed by atoms with van der Waals surface area (Å²) in [6.07, 6.45) is 5.84. The van der Waals surface area contributed by atoms with Gasteiger partial charge in [-0.3, -0.25) is 0 Å². The van der Waals surface area contributed by atoms with Gasteiger partial charge >= 0.3 is 0 Å². The normalized spacial score (nSPS) is 56.4. The van der Waals surface area contributed by atoms with Crippen LogP contribution in [0.1, 0.15) is 32.6 Å². The van der Waals surface area contributed by atoms with E-state index in [4.69, 9.17) is 12.2 Å². The molecule has 4 rings (SSSR count). The van der Waals surface area contributed by atoms with Crippen LogP contribution >= 0.6 is 12.2 Å². The fraction of sp³-hybridized carbons (Fsp3) is 0.909. The Balaban J connectivity index is 1.98.